The zero-order valence-electron chi connectivity index (χ0n) is 10.8. The third kappa shape index (κ3) is 2.47. The number of fused-ring (bicyclic) bond motifs is 2. The lowest BCUT2D eigenvalue weighted by Gasteiger charge is -2.24. The van der Waals surface area contributed by atoms with Gasteiger partial charge in [-0.1, -0.05) is 6.07 Å². The lowest BCUT2D eigenvalue weighted by atomic mass is 10.1. The van der Waals surface area contributed by atoms with Crippen molar-refractivity contribution in [3.63, 3.8) is 0 Å². The smallest absolute Gasteiger partial charge is 0.253 e. The van der Waals surface area contributed by atoms with E-state index in [2.05, 4.69) is 11.4 Å². The Bertz CT molecular complexity index is 534. The van der Waals surface area contributed by atoms with Gasteiger partial charge in [0.25, 0.3) is 5.91 Å². The molecule has 2 saturated heterocycles. The predicted molar refractivity (Wildman–Crippen MR) is 71.6 cm³/mol. The summed E-state index contributed by atoms with van der Waals surface area (Å²) < 4.78 is 0. The summed E-state index contributed by atoms with van der Waals surface area (Å²) in [7, 11) is 0. The Kier molecular flexibility index (Phi) is 3.22. The first-order valence-corrected chi connectivity index (χ1v) is 6.82. The number of carbonyl (C=O) groups excluding carboxylic acids is 1. The number of nitrogens with one attached hydrogen (secondary N) is 1. The monoisotopic (exact) mass is 255 g/mol. The van der Waals surface area contributed by atoms with Gasteiger partial charge in [-0.3, -0.25) is 4.79 Å². The van der Waals surface area contributed by atoms with Gasteiger partial charge in [-0.05, 0) is 37.5 Å². The molecule has 0 aromatic heterocycles. The summed E-state index contributed by atoms with van der Waals surface area (Å²) >= 11 is 0. The topological polar surface area (TPSA) is 56.1 Å². The van der Waals surface area contributed by atoms with Crippen LogP contribution in [-0.2, 0) is 0 Å². The van der Waals surface area contributed by atoms with Crippen LogP contribution < -0.4 is 5.32 Å². The molecule has 2 fully saturated rings. The molecular weight excluding hydrogens is 238 g/mol. The fourth-order valence-electron chi connectivity index (χ4n) is 3.03. The van der Waals surface area contributed by atoms with Crippen LogP contribution in [0.5, 0.6) is 0 Å². The fraction of sp³-hybridized carbons (Fsp3) is 0.467. The van der Waals surface area contributed by atoms with Gasteiger partial charge in [0.05, 0.1) is 11.6 Å². The van der Waals surface area contributed by atoms with Gasteiger partial charge < -0.3 is 10.2 Å². The van der Waals surface area contributed by atoms with Gasteiger partial charge in [-0.2, -0.15) is 5.26 Å². The summed E-state index contributed by atoms with van der Waals surface area (Å²) in [5, 5.41) is 12.5. The van der Waals surface area contributed by atoms with Crippen LogP contribution >= 0.6 is 0 Å². The normalized spacial score (nSPS) is 25.7. The average molecular weight is 255 g/mol. The minimum atomic E-state index is 0.0476. The second-order valence-electron chi connectivity index (χ2n) is 5.37. The molecule has 1 aromatic carbocycles. The summed E-state index contributed by atoms with van der Waals surface area (Å²) in [5.41, 5.74) is 1.16. The van der Waals surface area contributed by atoms with Crippen LogP contribution in [0.4, 0.5) is 0 Å². The maximum Gasteiger partial charge on any atom is 0.253 e. The van der Waals surface area contributed by atoms with Crippen LogP contribution in [0.25, 0.3) is 0 Å². The number of benzene rings is 1. The summed E-state index contributed by atoms with van der Waals surface area (Å²) in [6, 6.07) is 10.1. The third-order valence-corrected chi connectivity index (χ3v) is 4.05. The van der Waals surface area contributed by atoms with E-state index in [9.17, 15) is 4.79 Å². The van der Waals surface area contributed by atoms with Crippen LogP contribution in [0.15, 0.2) is 24.3 Å². The molecule has 19 heavy (non-hydrogen) atoms. The molecule has 0 radical (unpaired) electrons. The largest absolute Gasteiger partial charge is 0.337 e. The number of hydrogen-bond donors (Lipinski definition) is 1. The van der Waals surface area contributed by atoms with Gasteiger partial charge in [0.2, 0.25) is 0 Å². The molecular formula is C15H17N3O. The van der Waals surface area contributed by atoms with Crippen LogP contribution in [0.2, 0.25) is 0 Å². The van der Waals surface area contributed by atoms with Gasteiger partial charge >= 0.3 is 0 Å². The van der Waals surface area contributed by atoms with E-state index < -0.39 is 0 Å². The van der Waals surface area contributed by atoms with Crippen molar-refractivity contribution in [1.82, 2.24) is 10.2 Å². The first-order valence-electron chi connectivity index (χ1n) is 6.82. The van der Waals surface area contributed by atoms with Crippen molar-refractivity contribution in [3.05, 3.63) is 35.4 Å². The zero-order valence-corrected chi connectivity index (χ0v) is 10.8. The van der Waals surface area contributed by atoms with E-state index in [-0.39, 0.29) is 5.91 Å². The molecule has 1 amide bonds. The fourth-order valence-corrected chi connectivity index (χ4v) is 3.03. The predicted octanol–water partition coefficient (Wildman–Crippen LogP) is 1.52. The van der Waals surface area contributed by atoms with Gasteiger partial charge in [-0.25, -0.2) is 0 Å². The quantitative estimate of drug-likeness (QED) is 0.828. The molecule has 0 spiro atoms. The van der Waals surface area contributed by atoms with Crippen LogP contribution in [0, 0.1) is 11.3 Å². The van der Waals surface area contributed by atoms with Crippen molar-refractivity contribution in [1.29, 1.82) is 5.26 Å². The lowest BCUT2D eigenvalue weighted by Crippen LogP contribution is -2.39. The number of rotatable bonds is 1. The summed E-state index contributed by atoms with van der Waals surface area (Å²) in [6.45, 7) is 1.59. The molecule has 2 heterocycles. The molecule has 98 valence electrons. The molecule has 2 bridgehead atoms. The Labute approximate surface area is 113 Å². The van der Waals surface area contributed by atoms with E-state index in [0.29, 0.717) is 23.2 Å². The Balaban J connectivity index is 1.78. The SMILES string of the molecule is N#Cc1cccc(C(=O)N2CCC3CCC(C2)N3)c1. The standard InChI is InChI=1S/C15H17N3O/c16-9-11-2-1-3-12(8-11)15(19)18-7-6-13-4-5-14(10-18)17-13/h1-3,8,13-14,17H,4-7,10H2. The maximum absolute atomic E-state index is 12.5. The number of carbonyl (C=O) groups is 1. The molecule has 2 atom stereocenters. The van der Waals surface area contributed by atoms with Crippen molar-refractivity contribution in [2.24, 2.45) is 0 Å². The van der Waals surface area contributed by atoms with Crippen LogP contribution in [-0.4, -0.2) is 36.0 Å². The van der Waals surface area contributed by atoms with E-state index in [1.165, 1.54) is 6.42 Å². The highest BCUT2D eigenvalue weighted by molar-refractivity contribution is 5.94. The third-order valence-electron chi connectivity index (χ3n) is 4.05. The maximum atomic E-state index is 12.5. The Hall–Kier alpha value is -1.86. The summed E-state index contributed by atoms with van der Waals surface area (Å²) in [5.74, 6) is 0.0476. The number of likely N-dealkylation sites (tertiary alicyclic amines) is 1. The van der Waals surface area contributed by atoms with Crippen molar-refractivity contribution < 1.29 is 4.79 Å². The number of nitriles is 1. The molecule has 4 heteroatoms. The molecule has 3 rings (SSSR count). The molecule has 2 aliphatic heterocycles. The van der Waals surface area contributed by atoms with E-state index in [1.54, 1.807) is 24.3 Å². The number of amides is 1. The van der Waals surface area contributed by atoms with E-state index >= 15 is 0 Å². The van der Waals surface area contributed by atoms with E-state index in [0.717, 1.165) is 25.9 Å². The lowest BCUT2D eigenvalue weighted by molar-refractivity contribution is 0.0748. The highest BCUT2D eigenvalue weighted by Gasteiger charge is 2.31. The first-order chi connectivity index (χ1) is 9.26. The van der Waals surface area contributed by atoms with Gasteiger partial charge in [0, 0.05) is 30.7 Å². The molecule has 4 nitrogen and oxygen atoms in total. The van der Waals surface area contributed by atoms with Crippen molar-refractivity contribution in [2.75, 3.05) is 13.1 Å². The zero-order chi connectivity index (χ0) is 13.2. The van der Waals surface area contributed by atoms with Crippen molar-refractivity contribution in [2.45, 2.75) is 31.3 Å². The molecule has 0 saturated carbocycles. The second-order valence-corrected chi connectivity index (χ2v) is 5.37. The minimum Gasteiger partial charge on any atom is -0.337 e. The summed E-state index contributed by atoms with van der Waals surface area (Å²) in [4.78, 5) is 14.4. The molecule has 2 aliphatic rings. The van der Waals surface area contributed by atoms with E-state index in [4.69, 9.17) is 5.26 Å². The van der Waals surface area contributed by atoms with E-state index in [1.807, 2.05) is 4.90 Å². The van der Waals surface area contributed by atoms with Gasteiger partial charge in [0.1, 0.15) is 0 Å². The van der Waals surface area contributed by atoms with Gasteiger partial charge in [0.15, 0.2) is 0 Å². The van der Waals surface area contributed by atoms with Gasteiger partial charge in [-0.15, -0.1) is 0 Å². The van der Waals surface area contributed by atoms with Crippen LogP contribution in [0.3, 0.4) is 0 Å². The molecule has 1 aromatic rings. The minimum absolute atomic E-state index is 0.0476. The molecule has 0 aliphatic carbocycles. The Morgan fingerprint density at radius 2 is 2.16 bits per heavy atom. The Morgan fingerprint density at radius 3 is 3.00 bits per heavy atom. The average Bonchev–Trinajstić information content (AvgIpc) is 2.77. The number of hydrogen-bond acceptors (Lipinski definition) is 3. The Morgan fingerprint density at radius 1 is 1.32 bits per heavy atom. The second kappa shape index (κ2) is 5.02. The molecule has 1 N–H and O–H groups in total. The highest BCUT2D eigenvalue weighted by atomic mass is 16.2. The number of nitrogens with zero attached hydrogens (tertiary/aromatic N) is 2. The van der Waals surface area contributed by atoms with Crippen molar-refractivity contribution in [3.8, 4) is 6.07 Å². The van der Waals surface area contributed by atoms with Crippen LogP contribution in [0.1, 0.15) is 35.2 Å². The summed E-state index contributed by atoms with van der Waals surface area (Å²) in [6.07, 6.45) is 3.42. The van der Waals surface area contributed by atoms with Crippen molar-refractivity contribution >= 4 is 5.91 Å². The highest BCUT2D eigenvalue weighted by Crippen LogP contribution is 2.21. The first kappa shape index (κ1) is 12.2. The molecule has 2 unspecified atom stereocenters.